The van der Waals surface area contributed by atoms with E-state index in [2.05, 4.69) is 25.6 Å². The number of carbonyl (C=O) groups excluding carboxylic acids is 1. The van der Waals surface area contributed by atoms with Crippen molar-refractivity contribution in [3.05, 3.63) is 71.3 Å². The zero-order valence-corrected chi connectivity index (χ0v) is 20.4. The molecule has 8 nitrogen and oxygen atoms in total. The fourth-order valence-corrected chi connectivity index (χ4v) is 3.48. The lowest BCUT2D eigenvalue weighted by atomic mass is 9.98. The number of pyridine rings is 2. The van der Waals surface area contributed by atoms with Crippen molar-refractivity contribution in [2.24, 2.45) is 0 Å². The first-order chi connectivity index (χ1) is 17.1. The topological polar surface area (TPSA) is 104 Å². The number of carbonyl (C=O) groups is 1. The Morgan fingerprint density at radius 2 is 1.75 bits per heavy atom. The van der Waals surface area contributed by atoms with E-state index in [0.29, 0.717) is 29.0 Å². The monoisotopic (exact) mass is 499 g/mol. The Morgan fingerprint density at radius 1 is 1.03 bits per heavy atom. The lowest BCUT2D eigenvalue weighted by Crippen LogP contribution is -2.39. The van der Waals surface area contributed by atoms with Crippen LogP contribution in [0.1, 0.15) is 41.2 Å². The van der Waals surface area contributed by atoms with Gasteiger partial charge in [0.2, 0.25) is 12.1 Å². The molecule has 11 heteroatoms. The van der Waals surface area contributed by atoms with Gasteiger partial charge in [0.05, 0.1) is 5.56 Å². The number of halogens is 3. The van der Waals surface area contributed by atoms with E-state index in [4.69, 9.17) is 0 Å². The van der Waals surface area contributed by atoms with E-state index in [1.165, 1.54) is 0 Å². The number of hydrogen-bond donors (Lipinski definition) is 3. The van der Waals surface area contributed by atoms with Crippen LogP contribution >= 0.6 is 0 Å². The Bertz CT molecular complexity index is 1420. The van der Waals surface area contributed by atoms with Crippen LogP contribution in [0, 0.1) is 13.8 Å². The molecule has 0 radical (unpaired) electrons. The standard InChI is InChI=1S/C23H19F3N6O2.C2H6/c1-12-4-5-16(30-21(33)14-6-7-32(34)19(9-14)23(24,25)26)10-17(12)18-8-15-11-28-22(27-3)31-20(15)29-13(18)2;1-2/h4-11H,1-3H3,(H2-,27,28,29,30,31,33,34);1-2H3/p+1. The van der Waals surface area contributed by atoms with Gasteiger partial charge < -0.3 is 10.6 Å². The van der Waals surface area contributed by atoms with E-state index in [1.807, 2.05) is 33.8 Å². The van der Waals surface area contributed by atoms with E-state index in [1.54, 1.807) is 31.4 Å². The average Bonchev–Trinajstić information content (AvgIpc) is 2.85. The van der Waals surface area contributed by atoms with Crippen molar-refractivity contribution in [1.82, 2.24) is 15.0 Å². The molecule has 3 heterocycles. The number of fused-ring (bicyclic) bond motifs is 1. The van der Waals surface area contributed by atoms with Crippen LogP contribution in [0.25, 0.3) is 22.2 Å². The Labute approximate surface area is 205 Å². The Kier molecular flexibility index (Phi) is 7.71. The molecule has 1 aromatic carbocycles. The number of hydrogen-bond acceptors (Lipinski definition) is 6. The van der Waals surface area contributed by atoms with Crippen molar-refractivity contribution in [3.63, 3.8) is 0 Å². The summed E-state index contributed by atoms with van der Waals surface area (Å²) in [4.78, 5) is 25.8. The number of anilines is 2. The quantitative estimate of drug-likeness (QED) is 0.264. The number of aromatic nitrogens is 4. The van der Waals surface area contributed by atoms with Gasteiger partial charge in [0.25, 0.3) is 5.91 Å². The molecule has 4 aromatic rings. The molecule has 0 saturated heterocycles. The number of benzene rings is 1. The molecule has 36 heavy (non-hydrogen) atoms. The van der Waals surface area contributed by atoms with Crippen molar-refractivity contribution in [1.29, 1.82) is 0 Å². The molecule has 0 spiro atoms. The Balaban J connectivity index is 0.00000176. The van der Waals surface area contributed by atoms with Crippen molar-refractivity contribution < 1.29 is 27.9 Å². The van der Waals surface area contributed by atoms with Crippen LogP contribution in [-0.2, 0) is 6.18 Å². The zero-order valence-electron chi connectivity index (χ0n) is 20.4. The van der Waals surface area contributed by atoms with Gasteiger partial charge in [-0.1, -0.05) is 19.9 Å². The molecule has 3 aromatic heterocycles. The molecule has 0 saturated carbocycles. The summed E-state index contributed by atoms with van der Waals surface area (Å²) >= 11 is 0. The predicted octanol–water partition coefficient (Wildman–Crippen LogP) is 5.17. The van der Waals surface area contributed by atoms with E-state index in [0.717, 1.165) is 34.3 Å². The minimum absolute atomic E-state index is 0.0699. The van der Waals surface area contributed by atoms with Crippen molar-refractivity contribution >= 4 is 28.6 Å². The number of nitrogens with one attached hydrogen (secondary N) is 2. The second-order valence-corrected chi connectivity index (χ2v) is 7.60. The van der Waals surface area contributed by atoms with Crippen LogP contribution < -0.4 is 15.4 Å². The van der Waals surface area contributed by atoms with Gasteiger partial charge in [-0.05, 0) is 43.2 Å². The maximum Gasteiger partial charge on any atom is 0.482 e. The van der Waals surface area contributed by atoms with Crippen LogP contribution in [0.5, 0.6) is 0 Å². The molecule has 0 atom stereocenters. The first kappa shape index (κ1) is 26.3. The highest BCUT2D eigenvalue weighted by Gasteiger charge is 2.42. The highest BCUT2D eigenvalue weighted by Crippen LogP contribution is 2.31. The Morgan fingerprint density at radius 3 is 2.42 bits per heavy atom. The fourth-order valence-electron chi connectivity index (χ4n) is 3.48. The van der Waals surface area contributed by atoms with Gasteiger partial charge in [0.1, 0.15) is 0 Å². The van der Waals surface area contributed by atoms with Gasteiger partial charge in [0.15, 0.2) is 5.65 Å². The molecule has 188 valence electrons. The third kappa shape index (κ3) is 5.51. The molecule has 4 rings (SSSR count). The van der Waals surface area contributed by atoms with Crippen molar-refractivity contribution in [2.45, 2.75) is 33.9 Å². The minimum atomic E-state index is -4.82. The lowest BCUT2D eigenvalue weighted by Gasteiger charge is -2.13. The first-order valence-corrected chi connectivity index (χ1v) is 11.1. The molecule has 0 aliphatic heterocycles. The van der Waals surface area contributed by atoms with Crippen LogP contribution in [0.15, 0.2) is 48.8 Å². The summed E-state index contributed by atoms with van der Waals surface area (Å²) in [6.45, 7) is 7.74. The molecule has 1 amide bonds. The first-order valence-electron chi connectivity index (χ1n) is 11.1. The van der Waals surface area contributed by atoms with Crippen LogP contribution in [0.2, 0.25) is 0 Å². The van der Waals surface area contributed by atoms with E-state index < -0.39 is 17.8 Å². The Hall–Kier alpha value is -4.28. The molecular formula is C25H26F3N6O2+. The van der Waals surface area contributed by atoms with E-state index in [-0.39, 0.29) is 10.3 Å². The number of nitrogens with zero attached hydrogens (tertiary/aromatic N) is 4. The van der Waals surface area contributed by atoms with Crippen molar-refractivity contribution in [2.75, 3.05) is 17.7 Å². The third-order valence-corrected chi connectivity index (χ3v) is 5.26. The van der Waals surface area contributed by atoms with Crippen LogP contribution in [-0.4, -0.2) is 33.1 Å². The summed E-state index contributed by atoms with van der Waals surface area (Å²) in [7, 11) is 1.71. The summed E-state index contributed by atoms with van der Waals surface area (Å²) in [5, 5.41) is 15.6. The van der Waals surface area contributed by atoms with Gasteiger partial charge in [-0.2, -0.15) is 18.2 Å². The van der Waals surface area contributed by atoms with Crippen LogP contribution in [0.4, 0.5) is 24.8 Å². The summed E-state index contributed by atoms with van der Waals surface area (Å²) in [5.41, 5.74) is 2.55. The SMILES string of the molecule is CC.CNc1ncc2cc(-c3cc(NC(=O)c4cc[n+](O)c(C(F)(F)F)c4)ccc3C)c(C)nc2n1. The summed E-state index contributed by atoms with van der Waals surface area (Å²) in [5.74, 6) is -0.295. The predicted molar refractivity (Wildman–Crippen MR) is 130 cm³/mol. The highest BCUT2D eigenvalue weighted by atomic mass is 19.4. The molecule has 0 unspecified atom stereocenters. The molecule has 0 aliphatic rings. The average molecular weight is 500 g/mol. The number of aryl methyl sites for hydroxylation is 2. The molecule has 0 fully saturated rings. The second-order valence-electron chi connectivity index (χ2n) is 7.60. The van der Waals surface area contributed by atoms with Gasteiger partial charge in [-0.25, -0.2) is 9.97 Å². The second kappa shape index (κ2) is 10.5. The van der Waals surface area contributed by atoms with Gasteiger partial charge >= 0.3 is 11.9 Å². The third-order valence-electron chi connectivity index (χ3n) is 5.26. The van der Waals surface area contributed by atoms with Gasteiger partial charge in [0, 0.05) is 52.4 Å². The molecule has 0 aliphatic carbocycles. The summed E-state index contributed by atoms with van der Waals surface area (Å²) in [6.07, 6.45) is -2.39. The summed E-state index contributed by atoms with van der Waals surface area (Å²) < 4.78 is 39.1. The lowest BCUT2D eigenvalue weighted by molar-refractivity contribution is -0.915. The zero-order chi connectivity index (χ0) is 26.6. The maximum absolute atomic E-state index is 13.1. The minimum Gasteiger partial charge on any atom is -0.357 e. The fraction of sp³-hybridized carbons (Fsp3) is 0.240. The molecule has 3 N–H and O–H groups in total. The number of alkyl halides is 3. The normalized spacial score (nSPS) is 11.0. The van der Waals surface area contributed by atoms with Gasteiger partial charge in [-0.15, -0.1) is 0 Å². The largest absolute Gasteiger partial charge is 0.482 e. The summed E-state index contributed by atoms with van der Waals surface area (Å²) in [6, 6.07) is 8.76. The maximum atomic E-state index is 13.1. The van der Waals surface area contributed by atoms with Gasteiger partial charge in [-0.3, -0.25) is 10.0 Å². The smallest absolute Gasteiger partial charge is 0.357 e. The highest BCUT2D eigenvalue weighted by molar-refractivity contribution is 6.04. The van der Waals surface area contributed by atoms with Crippen LogP contribution in [0.3, 0.4) is 0 Å². The van der Waals surface area contributed by atoms with E-state index >= 15 is 0 Å². The number of rotatable bonds is 4. The molecular weight excluding hydrogens is 473 g/mol. The van der Waals surface area contributed by atoms with E-state index in [9.17, 15) is 23.2 Å². The van der Waals surface area contributed by atoms with Crippen molar-refractivity contribution in [3.8, 4) is 11.1 Å². The number of amides is 1. The molecule has 0 bridgehead atoms.